The molecule has 1 saturated heterocycles. The van der Waals surface area contributed by atoms with Gasteiger partial charge in [-0.25, -0.2) is 0 Å². The second-order valence-corrected chi connectivity index (χ2v) is 6.77. The van der Waals surface area contributed by atoms with Crippen LogP contribution in [-0.4, -0.2) is 35.0 Å². The standard InChI is InChI=1S/C15H26N2OS/c1-4-12-10-17(8-9-19-12)15(13(16)5-2)14-7-6-11(3)18-14/h6-7,12-13,15H,4-5,8-10,16H2,1-3H3. The van der Waals surface area contributed by atoms with Gasteiger partial charge in [0, 0.05) is 30.1 Å². The van der Waals surface area contributed by atoms with Crippen molar-refractivity contribution >= 4 is 11.8 Å². The number of thioether (sulfide) groups is 1. The van der Waals surface area contributed by atoms with Crippen molar-refractivity contribution in [2.75, 3.05) is 18.8 Å². The van der Waals surface area contributed by atoms with Gasteiger partial charge in [-0.3, -0.25) is 4.90 Å². The van der Waals surface area contributed by atoms with Gasteiger partial charge in [0.1, 0.15) is 11.5 Å². The van der Waals surface area contributed by atoms with Gasteiger partial charge in [0.05, 0.1) is 6.04 Å². The zero-order valence-electron chi connectivity index (χ0n) is 12.3. The van der Waals surface area contributed by atoms with E-state index in [1.54, 1.807) is 0 Å². The lowest BCUT2D eigenvalue weighted by atomic mass is 10.0. The first-order chi connectivity index (χ1) is 9.15. The minimum Gasteiger partial charge on any atom is -0.465 e. The molecule has 19 heavy (non-hydrogen) atoms. The number of furan rings is 1. The Labute approximate surface area is 120 Å². The van der Waals surface area contributed by atoms with E-state index in [9.17, 15) is 0 Å². The summed E-state index contributed by atoms with van der Waals surface area (Å²) in [4.78, 5) is 2.52. The molecule has 3 atom stereocenters. The Morgan fingerprint density at radius 1 is 1.47 bits per heavy atom. The summed E-state index contributed by atoms with van der Waals surface area (Å²) in [5, 5.41) is 0.733. The molecule has 108 valence electrons. The summed E-state index contributed by atoms with van der Waals surface area (Å²) in [6.07, 6.45) is 2.21. The Morgan fingerprint density at radius 3 is 2.84 bits per heavy atom. The smallest absolute Gasteiger partial charge is 0.122 e. The molecular formula is C15H26N2OS. The van der Waals surface area contributed by atoms with Gasteiger partial charge in [0.25, 0.3) is 0 Å². The van der Waals surface area contributed by atoms with E-state index in [-0.39, 0.29) is 12.1 Å². The Kier molecular flexibility index (Phi) is 5.37. The van der Waals surface area contributed by atoms with Crippen molar-refractivity contribution in [3.63, 3.8) is 0 Å². The largest absolute Gasteiger partial charge is 0.465 e. The van der Waals surface area contributed by atoms with E-state index in [1.165, 1.54) is 12.2 Å². The van der Waals surface area contributed by atoms with Gasteiger partial charge < -0.3 is 10.2 Å². The molecule has 0 saturated carbocycles. The van der Waals surface area contributed by atoms with Gasteiger partial charge in [-0.15, -0.1) is 0 Å². The maximum Gasteiger partial charge on any atom is 0.122 e. The highest BCUT2D eigenvalue weighted by molar-refractivity contribution is 8.00. The molecule has 2 heterocycles. The number of aryl methyl sites for hydroxylation is 1. The van der Waals surface area contributed by atoms with Crippen LogP contribution < -0.4 is 5.73 Å². The van der Waals surface area contributed by atoms with Crippen LogP contribution in [0.1, 0.15) is 44.3 Å². The molecule has 3 nitrogen and oxygen atoms in total. The third-order valence-electron chi connectivity index (χ3n) is 3.95. The molecular weight excluding hydrogens is 256 g/mol. The fourth-order valence-corrected chi connectivity index (χ4v) is 3.94. The topological polar surface area (TPSA) is 42.4 Å². The maximum absolute atomic E-state index is 6.37. The minimum atomic E-state index is 0.145. The first-order valence-corrected chi connectivity index (χ1v) is 8.38. The van der Waals surface area contributed by atoms with E-state index in [2.05, 4.69) is 36.6 Å². The lowest BCUT2D eigenvalue weighted by Gasteiger charge is -2.39. The summed E-state index contributed by atoms with van der Waals surface area (Å²) in [6.45, 7) is 8.66. The molecule has 0 bridgehead atoms. The van der Waals surface area contributed by atoms with Crippen LogP contribution in [-0.2, 0) is 0 Å². The highest BCUT2D eigenvalue weighted by Crippen LogP contribution is 2.32. The van der Waals surface area contributed by atoms with Crippen LogP contribution in [0.25, 0.3) is 0 Å². The van der Waals surface area contributed by atoms with Gasteiger partial charge in [-0.05, 0) is 31.9 Å². The SMILES string of the molecule is CCC1CN(C(c2ccc(C)o2)C(N)CC)CCS1. The van der Waals surface area contributed by atoms with E-state index in [0.29, 0.717) is 0 Å². The van der Waals surface area contributed by atoms with Crippen molar-refractivity contribution in [1.82, 2.24) is 4.90 Å². The van der Waals surface area contributed by atoms with E-state index >= 15 is 0 Å². The number of nitrogens with zero attached hydrogens (tertiary/aromatic N) is 1. The summed E-state index contributed by atoms with van der Waals surface area (Å²) in [5.74, 6) is 3.21. The Balaban J connectivity index is 2.17. The molecule has 0 amide bonds. The molecule has 4 heteroatoms. The summed E-state index contributed by atoms with van der Waals surface area (Å²) in [5.41, 5.74) is 6.37. The Hall–Kier alpha value is -0.450. The van der Waals surface area contributed by atoms with Crippen molar-refractivity contribution in [2.45, 2.75) is 50.9 Å². The molecule has 1 aromatic rings. The number of hydrogen-bond acceptors (Lipinski definition) is 4. The van der Waals surface area contributed by atoms with Gasteiger partial charge in [-0.2, -0.15) is 11.8 Å². The molecule has 1 aliphatic rings. The quantitative estimate of drug-likeness (QED) is 0.900. The average Bonchev–Trinajstić information content (AvgIpc) is 2.85. The predicted octanol–water partition coefficient (Wildman–Crippen LogP) is 3.19. The molecule has 1 fully saturated rings. The Bertz CT molecular complexity index is 393. The van der Waals surface area contributed by atoms with Crippen LogP contribution in [0.15, 0.2) is 16.5 Å². The van der Waals surface area contributed by atoms with Gasteiger partial charge in [0.15, 0.2) is 0 Å². The van der Waals surface area contributed by atoms with Crippen molar-refractivity contribution in [3.05, 3.63) is 23.7 Å². The summed E-state index contributed by atoms with van der Waals surface area (Å²) in [6, 6.07) is 4.51. The highest BCUT2D eigenvalue weighted by Gasteiger charge is 2.31. The molecule has 2 rings (SSSR count). The lowest BCUT2D eigenvalue weighted by Crippen LogP contribution is -2.46. The van der Waals surface area contributed by atoms with Gasteiger partial charge in [-0.1, -0.05) is 13.8 Å². The summed E-state index contributed by atoms with van der Waals surface area (Å²) < 4.78 is 5.86. The molecule has 3 unspecified atom stereocenters. The molecule has 1 aliphatic heterocycles. The fourth-order valence-electron chi connectivity index (χ4n) is 2.74. The number of rotatable bonds is 5. The molecule has 0 aromatic carbocycles. The number of hydrogen-bond donors (Lipinski definition) is 1. The van der Waals surface area contributed by atoms with Gasteiger partial charge >= 0.3 is 0 Å². The van der Waals surface area contributed by atoms with Crippen molar-refractivity contribution in [2.24, 2.45) is 5.73 Å². The lowest BCUT2D eigenvalue weighted by molar-refractivity contribution is 0.151. The zero-order valence-corrected chi connectivity index (χ0v) is 13.1. The van der Waals surface area contributed by atoms with Crippen LogP contribution >= 0.6 is 11.8 Å². The second kappa shape index (κ2) is 6.82. The van der Waals surface area contributed by atoms with E-state index in [0.717, 1.165) is 36.3 Å². The summed E-state index contributed by atoms with van der Waals surface area (Å²) in [7, 11) is 0. The first-order valence-electron chi connectivity index (χ1n) is 7.33. The van der Waals surface area contributed by atoms with E-state index in [1.807, 2.05) is 13.0 Å². The molecule has 0 aliphatic carbocycles. The predicted molar refractivity (Wildman–Crippen MR) is 82.6 cm³/mol. The van der Waals surface area contributed by atoms with Crippen LogP contribution in [0.4, 0.5) is 0 Å². The molecule has 0 spiro atoms. The van der Waals surface area contributed by atoms with Crippen LogP contribution in [0.5, 0.6) is 0 Å². The summed E-state index contributed by atoms with van der Waals surface area (Å²) >= 11 is 2.09. The van der Waals surface area contributed by atoms with Crippen molar-refractivity contribution < 1.29 is 4.42 Å². The zero-order chi connectivity index (χ0) is 13.8. The molecule has 0 radical (unpaired) electrons. The minimum absolute atomic E-state index is 0.145. The van der Waals surface area contributed by atoms with Crippen molar-refractivity contribution in [1.29, 1.82) is 0 Å². The highest BCUT2D eigenvalue weighted by atomic mass is 32.2. The Morgan fingerprint density at radius 2 is 2.26 bits per heavy atom. The number of nitrogens with two attached hydrogens (primary N) is 1. The average molecular weight is 282 g/mol. The van der Waals surface area contributed by atoms with Gasteiger partial charge in [0.2, 0.25) is 0 Å². The van der Waals surface area contributed by atoms with Crippen molar-refractivity contribution in [3.8, 4) is 0 Å². The fraction of sp³-hybridized carbons (Fsp3) is 0.733. The normalized spacial score (nSPS) is 24.3. The third-order valence-corrected chi connectivity index (χ3v) is 5.32. The van der Waals surface area contributed by atoms with Crippen LogP contribution in [0.2, 0.25) is 0 Å². The van der Waals surface area contributed by atoms with E-state index < -0.39 is 0 Å². The maximum atomic E-state index is 6.37. The molecule has 2 N–H and O–H groups in total. The van der Waals surface area contributed by atoms with E-state index in [4.69, 9.17) is 10.2 Å². The first kappa shape index (κ1) is 14.9. The third kappa shape index (κ3) is 3.56. The monoisotopic (exact) mass is 282 g/mol. The van der Waals surface area contributed by atoms with Crippen LogP contribution in [0.3, 0.4) is 0 Å². The molecule has 1 aromatic heterocycles. The van der Waals surface area contributed by atoms with Crippen LogP contribution in [0, 0.1) is 6.92 Å². The second-order valence-electron chi connectivity index (χ2n) is 5.36.